The molecule has 0 unspecified atom stereocenters. The molecule has 2 heterocycles. The van der Waals surface area contributed by atoms with Crippen LogP contribution in [0.15, 0.2) is 36.9 Å². The largest absolute Gasteiger partial charge is 0.360 e. The number of piperazine rings is 1. The highest BCUT2D eigenvalue weighted by Gasteiger charge is 2.22. The molecule has 1 aromatic carbocycles. The number of rotatable bonds is 6. The first-order valence-electron chi connectivity index (χ1n) is 8.57. The Kier molecular flexibility index (Phi) is 5.48. The second-order valence-corrected chi connectivity index (χ2v) is 6.76. The van der Waals surface area contributed by atoms with Gasteiger partial charge < -0.3 is 14.4 Å². The minimum absolute atomic E-state index is 0.123. The molecule has 138 valence electrons. The molecule has 0 atom stereocenters. The van der Waals surface area contributed by atoms with Crippen molar-refractivity contribution in [1.82, 2.24) is 14.3 Å². The Bertz CT molecular complexity index is 849. The SMILES string of the molecule is C=CCn1c(C)nn(C[NH+]2CCN(c3ccc([N+](=O)[O-])cc3)CC2)c1=S. The van der Waals surface area contributed by atoms with E-state index in [0.29, 0.717) is 6.54 Å². The number of hydrogen-bond acceptors (Lipinski definition) is 5. The second kappa shape index (κ2) is 7.79. The van der Waals surface area contributed by atoms with Crippen molar-refractivity contribution in [3.8, 4) is 0 Å². The number of allylic oxidation sites excluding steroid dienone is 1. The summed E-state index contributed by atoms with van der Waals surface area (Å²) in [6.07, 6.45) is 1.82. The number of benzene rings is 1. The van der Waals surface area contributed by atoms with Gasteiger partial charge in [0.05, 0.1) is 31.1 Å². The standard InChI is InChI=1S/C17H22N6O2S/c1-3-8-21-14(2)18-22(17(21)26)13-19-9-11-20(12-10-19)15-4-6-16(7-5-15)23(24)25/h3-7H,1,8-13H2,2H3/p+1. The maximum Gasteiger partial charge on any atom is 0.269 e. The van der Waals surface area contributed by atoms with Gasteiger partial charge in [-0.3, -0.25) is 10.1 Å². The summed E-state index contributed by atoms with van der Waals surface area (Å²) in [6.45, 7) is 10.9. The summed E-state index contributed by atoms with van der Waals surface area (Å²) < 4.78 is 4.60. The molecule has 1 aliphatic rings. The van der Waals surface area contributed by atoms with Gasteiger partial charge in [-0.15, -0.1) is 6.58 Å². The number of anilines is 1. The fourth-order valence-electron chi connectivity index (χ4n) is 3.23. The molecule has 0 amide bonds. The van der Waals surface area contributed by atoms with Gasteiger partial charge in [-0.05, 0) is 31.3 Å². The molecule has 9 heteroatoms. The van der Waals surface area contributed by atoms with Crippen LogP contribution in [0.4, 0.5) is 11.4 Å². The predicted octanol–water partition coefficient (Wildman–Crippen LogP) is 1.18. The van der Waals surface area contributed by atoms with E-state index < -0.39 is 0 Å². The molecular weight excluding hydrogens is 352 g/mol. The number of non-ortho nitro benzene ring substituents is 1. The molecule has 1 fully saturated rings. The molecule has 0 saturated carbocycles. The molecule has 0 bridgehead atoms. The van der Waals surface area contributed by atoms with Gasteiger partial charge in [-0.25, -0.2) is 0 Å². The average molecular weight is 375 g/mol. The van der Waals surface area contributed by atoms with Crippen LogP contribution in [0, 0.1) is 21.8 Å². The number of nitro benzene ring substituents is 1. The monoisotopic (exact) mass is 375 g/mol. The van der Waals surface area contributed by atoms with Gasteiger partial charge in [0, 0.05) is 24.4 Å². The molecule has 0 aliphatic carbocycles. The van der Waals surface area contributed by atoms with Crippen LogP contribution in [-0.2, 0) is 13.2 Å². The summed E-state index contributed by atoms with van der Waals surface area (Å²) in [4.78, 5) is 14.1. The number of nitrogens with zero attached hydrogens (tertiary/aromatic N) is 5. The number of aryl methyl sites for hydroxylation is 1. The van der Waals surface area contributed by atoms with Crippen LogP contribution < -0.4 is 9.80 Å². The van der Waals surface area contributed by atoms with E-state index in [-0.39, 0.29) is 10.6 Å². The van der Waals surface area contributed by atoms with Crippen LogP contribution in [0.1, 0.15) is 5.82 Å². The topological polar surface area (TPSA) is 73.6 Å². The van der Waals surface area contributed by atoms with E-state index in [2.05, 4.69) is 16.6 Å². The lowest BCUT2D eigenvalue weighted by molar-refractivity contribution is -0.924. The van der Waals surface area contributed by atoms with Crippen molar-refractivity contribution in [2.75, 3.05) is 31.1 Å². The van der Waals surface area contributed by atoms with Crippen LogP contribution in [0.5, 0.6) is 0 Å². The number of hydrogen-bond donors (Lipinski definition) is 1. The maximum atomic E-state index is 10.8. The molecular formula is C17H23N6O2S+. The Labute approximate surface area is 157 Å². The van der Waals surface area contributed by atoms with E-state index in [1.54, 1.807) is 12.1 Å². The van der Waals surface area contributed by atoms with Gasteiger partial charge in [0.2, 0.25) is 4.77 Å². The first kappa shape index (κ1) is 18.3. The van der Waals surface area contributed by atoms with E-state index >= 15 is 0 Å². The van der Waals surface area contributed by atoms with Crippen molar-refractivity contribution in [3.63, 3.8) is 0 Å². The van der Waals surface area contributed by atoms with Crippen LogP contribution in [0.25, 0.3) is 0 Å². The van der Waals surface area contributed by atoms with E-state index in [4.69, 9.17) is 12.2 Å². The normalized spacial score (nSPS) is 15.2. The number of nitrogens with one attached hydrogen (secondary N) is 1. The molecule has 1 N–H and O–H groups in total. The highest BCUT2D eigenvalue weighted by molar-refractivity contribution is 7.71. The molecule has 8 nitrogen and oxygen atoms in total. The van der Waals surface area contributed by atoms with E-state index in [0.717, 1.165) is 49.1 Å². The highest BCUT2D eigenvalue weighted by Crippen LogP contribution is 2.19. The Morgan fingerprint density at radius 2 is 2.00 bits per heavy atom. The summed E-state index contributed by atoms with van der Waals surface area (Å²) >= 11 is 5.52. The minimum atomic E-state index is -0.372. The van der Waals surface area contributed by atoms with Crippen molar-refractivity contribution in [1.29, 1.82) is 0 Å². The fraction of sp³-hybridized carbons (Fsp3) is 0.412. The molecule has 1 aromatic heterocycles. The molecule has 1 aliphatic heterocycles. The van der Waals surface area contributed by atoms with Crippen molar-refractivity contribution in [2.45, 2.75) is 20.1 Å². The molecule has 2 aromatic rings. The van der Waals surface area contributed by atoms with Gasteiger partial charge in [-0.2, -0.15) is 9.78 Å². The van der Waals surface area contributed by atoms with Gasteiger partial charge in [0.1, 0.15) is 5.82 Å². The second-order valence-electron chi connectivity index (χ2n) is 6.40. The predicted molar refractivity (Wildman–Crippen MR) is 102 cm³/mol. The lowest BCUT2D eigenvalue weighted by Crippen LogP contribution is -3.14. The summed E-state index contributed by atoms with van der Waals surface area (Å²) in [7, 11) is 0. The lowest BCUT2D eigenvalue weighted by Gasteiger charge is -2.33. The van der Waals surface area contributed by atoms with Gasteiger partial charge in [-0.1, -0.05) is 6.08 Å². The Hall–Kier alpha value is -2.52. The molecule has 1 saturated heterocycles. The number of nitro groups is 1. The summed E-state index contributed by atoms with van der Waals surface area (Å²) in [6, 6.07) is 6.75. The fourth-order valence-corrected chi connectivity index (χ4v) is 3.54. The first-order valence-corrected chi connectivity index (χ1v) is 8.98. The molecule has 3 rings (SSSR count). The third kappa shape index (κ3) is 3.83. The third-order valence-corrected chi connectivity index (χ3v) is 5.12. The van der Waals surface area contributed by atoms with Crippen LogP contribution in [0.3, 0.4) is 0 Å². The van der Waals surface area contributed by atoms with Crippen LogP contribution >= 0.6 is 12.2 Å². The maximum absolute atomic E-state index is 10.8. The molecule has 0 spiro atoms. The first-order chi connectivity index (χ1) is 12.5. The third-order valence-electron chi connectivity index (χ3n) is 4.69. The Morgan fingerprint density at radius 3 is 2.58 bits per heavy atom. The van der Waals surface area contributed by atoms with Crippen molar-refractivity contribution in [3.05, 3.63) is 57.6 Å². The Balaban J connectivity index is 1.60. The van der Waals surface area contributed by atoms with Crippen molar-refractivity contribution in [2.24, 2.45) is 0 Å². The zero-order chi connectivity index (χ0) is 18.7. The average Bonchev–Trinajstić information content (AvgIpc) is 2.90. The summed E-state index contributed by atoms with van der Waals surface area (Å²) in [5, 5.41) is 15.3. The van der Waals surface area contributed by atoms with Gasteiger partial charge in [0.15, 0.2) is 6.67 Å². The smallest absolute Gasteiger partial charge is 0.269 e. The van der Waals surface area contributed by atoms with E-state index in [9.17, 15) is 10.1 Å². The van der Waals surface area contributed by atoms with Gasteiger partial charge >= 0.3 is 0 Å². The van der Waals surface area contributed by atoms with Gasteiger partial charge in [0.25, 0.3) is 5.69 Å². The van der Waals surface area contributed by atoms with E-state index in [1.807, 2.05) is 34.4 Å². The number of aromatic nitrogens is 3. The zero-order valence-electron chi connectivity index (χ0n) is 14.8. The van der Waals surface area contributed by atoms with Crippen LogP contribution in [-0.4, -0.2) is 45.4 Å². The van der Waals surface area contributed by atoms with Crippen LogP contribution in [0.2, 0.25) is 0 Å². The van der Waals surface area contributed by atoms with Crippen molar-refractivity contribution < 1.29 is 9.82 Å². The molecule has 0 radical (unpaired) electrons. The molecule has 26 heavy (non-hydrogen) atoms. The highest BCUT2D eigenvalue weighted by atomic mass is 32.1. The zero-order valence-corrected chi connectivity index (χ0v) is 15.6. The quantitative estimate of drug-likeness (QED) is 0.355. The lowest BCUT2D eigenvalue weighted by atomic mass is 10.2. The Morgan fingerprint density at radius 1 is 1.35 bits per heavy atom. The summed E-state index contributed by atoms with van der Waals surface area (Å²) in [5.41, 5.74) is 1.15. The summed E-state index contributed by atoms with van der Waals surface area (Å²) in [5.74, 6) is 0.902. The minimum Gasteiger partial charge on any atom is -0.360 e. The van der Waals surface area contributed by atoms with E-state index in [1.165, 1.54) is 4.90 Å². The number of quaternary nitrogens is 1. The van der Waals surface area contributed by atoms with Crippen molar-refractivity contribution >= 4 is 23.6 Å².